The number of ketones is 1. The van der Waals surface area contributed by atoms with E-state index in [1.54, 1.807) is 14.2 Å². The van der Waals surface area contributed by atoms with Gasteiger partial charge in [-0.2, -0.15) is 5.10 Å². The average molecular weight is 577 g/mol. The van der Waals surface area contributed by atoms with Crippen molar-refractivity contribution in [2.45, 2.75) is 18.4 Å². The van der Waals surface area contributed by atoms with Crippen molar-refractivity contribution in [1.29, 1.82) is 0 Å². The zero-order valence-electron chi connectivity index (χ0n) is 24.9. The summed E-state index contributed by atoms with van der Waals surface area (Å²) in [6, 6.07) is 42.4. The fourth-order valence-electron chi connectivity index (χ4n) is 6.55. The minimum absolute atomic E-state index is 0.00468. The Kier molecular flexibility index (Phi) is 6.86. The topological polar surface area (TPSA) is 51.1 Å². The van der Waals surface area contributed by atoms with Crippen LogP contribution in [0.2, 0.25) is 0 Å². The Bertz CT molecular complexity index is 1890. The molecule has 0 N–H and O–H groups in total. The molecule has 0 fully saturated rings. The molecule has 7 rings (SSSR count). The van der Waals surface area contributed by atoms with E-state index in [0.717, 1.165) is 56.3 Å². The van der Waals surface area contributed by atoms with Gasteiger partial charge in [-0.15, -0.1) is 0 Å². The fourth-order valence-corrected chi connectivity index (χ4v) is 6.55. The second-order valence-corrected chi connectivity index (χ2v) is 11.2. The monoisotopic (exact) mass is 576 g/mol. The van der Waals surface area contributed by atoms with E-state index in [1.165, 1.54) is 0 Å². The molecule has 2 atom stereocenters. The van der Waals surface area contributed by atoms with Crippen LogP contribution in [0.1, 0.15) is 39.3 Å². The highest BCUT2D eigenvalue weighted by atomic mass is 16.5. The number of aryl methyl sites for hydroxylation is 1. The van der Waals surface area contributed by atoms with E-state index in [0.29, 0.717) is 5.57 Å². The fraction of sp³-hybridized carbons (Fsp3) is 0.128. The van der Waals surface area contributed by atoms with Crippen molar-refractivity contribution in [3.8, 4) is 11.5 Å². The van der Waals surface area contributed by atoms with Gasteiger partial charge in [0.15, 0.2) is 11.3 Å². The number of carbonyl (C=O) groups is 1. The summed E-state index contributed by atoms with van der Waals surface area (Å²) < 4.78 is 10.9. The van der Waals surface area contributed by atoms with Crippen molar-refractivity contribution < 1.29 is 14.3 Å². The van der Waals surface area contributed by atoms with Crippen LogP contribution in [0.15, 0.2) is 132 Å². The Balaban J connectivity index is 1.52. The van der Waals surface area contributed by atoms with Crippen molar-refractivity contribution in [3.63, 3.8) is 0 Å². The first-order valence-corrected chi connectivity index (χ1v) is 14.7. The van der Waals surface area contributed by atoms with Crippen LogP contribution in [0.3, 0.4) is 0 Å². The third-order valence-corrected chi connectivity index (χ3v) is 8.68. The second kappa shape index (κ2) is 11.0. The predicted molar refractivity (Wildman–Crippen MR) is 176 cm³/mol. The molecule has 1 spiro atoms. The van der Waals surface area contributed by atoms with Crippen LogP contribution in [0, 0.1) is 6.92 Å². The molecule has 0 amide bonds. The summed E-state index contributed by atoms with van der Waals surface area (Å²) in [6.45, 7) is 2.08. The van der Waals surface area contributed by atoms with Crippen LogP contribution < -0.4 is 14.5 Å². The highest BCUT2D eigenvalue weighted by Crippen LogP contribution is 2.58. The van der Waals surface area contributed by atoms with Crippen molar-refractivity contribution in [2.75, 3.05) is 19.2 Å². The van der Waals surface area contributed by atoms with Gasteiger partial charge in [-0.3, -0.25) is 4.79 Å². The van der Waals surface area contributed by atoms with E-state index in [1.807, 2.05) is 89.9 Å². The first kappa shape index (κ1) is 27.4. The maximum atomic E-state index is 15.4. The van der Waals surface area contributed by atoms with E-state index in [-0.39, 0.29) is 5.78 Å². The molecule has 0 saturated heterocycles. The first-order chi connectivity index (χ1) is 21.5. The molecular weight excluding hydrogens is 544 g/mol. The average Bonchev–Trinajstić information content (AvgIpc) is 3.55. The van der Waals surface area contributed by atoms with Gasteiger partial charge in [0.1, 0.15) is 11.5 Å². The summed E-state index contributed by atoms with van der Waals surface area (Å²) in [7, 11) is 3.31. The van der Waals surface area contributed by atoms with Crippen molar-refractivity contribution in [1.82, 2.24) is 0 Å². The van der Waals surface area contributed by atoms with Gasteiger partial charge < -0.3 is 9.47 Å². The zero-order valence-corrected chi connectivity index (χ0v) is 24.9. The van der Waals surface area contributed by atoms with E-state index in [4.69, 9.17) is 14.6 Å². The molecule has 0 unspecified atom stereocenters. The molecule has 5 nitrogen and oxygen atoms in total. The Hall–Kier alpha value is -5.42. The van der Waals surface area contributed by atoms with E-state index >= 15 is 4.79 Å². The summed E-state index contributed by atoms with van der Waals surface area (Å²) >= 11 is 0. The second-order valence-electron chi connectivity index (χ2n) is 11.2. The number of hydrogen-bond donors (Lipinski definition) is 0. The van der Waals surface area contributed by atoms with Crippen LogP contribution in [0.4, 0.5) is 5.69 Å². The Morgan fingerprint density at radius 2 is 1.34 bits per heavy atom. The highest BCUT2D eigenvalue weighted by molar-refractivity contribution is 6.36. The molecule has 216 valence electrons. The molecule has 2 aliphatic rings. The van der Waals surface area contributed by atoms with Gasteiger partial charge in [0.2, 0.25) is 0 Å². The number of methoxy groups -OCH3 is 2. The molecule has 0 aromatic heterocycles. The lowest BCUT2D eigenvalue weighted by atomic mass is 9.71. The highest BCUT2D eigenvalue weighted by Gasteiger charge is 2.63. The minimum Gasteiger partial charge on any atom is -0.497 e. The maximum absolute atomic E-state index is 15.4. The van der Waals surface area contributed by atoms with E-state index in [2.05, 4.69) is 55.5 Å². The third-order valence-electron chi connectivity index (χ3n) is 8.68. The van der Waals surface area contributed by atoms with Crippen LogP contribution in [-0.2, 0) is 10.3 Å². The summed E-state index contributed by atoms with van der Waals surface area (Å²) in [4.78, 5) is 15.4. The van der Waals surface area contributed by atoms with Gasteiger partial charge in [-0.1, -0.05) is 96.6 Å². The third kappa shape index (κ3) is 4.32. The Labute approximate surface area is 257 Å². The molecule has 5 heteroatoms. The Morgan fingerprint density at radius 1 is 0.727 bits per heavy atom. The van der Waals surface area contributed by atoms with Gasteiger partial charge in [0.05, 0.1) is 31.5 Å². The predicted octanol–water partition coefficient (Wildman–Crippen LogP) is 8.04. The number of carbonyl (C=O) groups excluding carboxylic acids is 1. The summed E-state index contributed by atoms with van der Waals surface area (Å²) in [5.41, 5.74) is 7.07. The zero-order chi connectivity index (χ0) is 30.3. The molecule has 5 aromatic carbocycles. The number of Topliss-reactive ketones (excluding diaryl/α,β-unsaturated/α-hetero) is 1. The van der Waals surface area contributed by atoms with Gasteiger partial charge in [-0.25, -0.2) is 5.01 Å². The van der Waals surface area contributed by atoms with Crippen LogP contribution in [0.5, 0.6) is 11.5 Å². The molecule has 1 heterocycles. The molecule has 5 aromatic rings. The quantitative estimate of drug-likeness (QED) is 0.192. The summed E-state index contributed by atoms with van der Waals surface area (Å²) in [5, 5.41) is 7.33. The number of anilines is 1. The van der Waals surface area contributed by atoms with Gasteiger partial charge in [-0.05, 0) is 77.2 Å². The maximum Gasteiger partial charge on any atom is 0.196 e. The van der Waals surface area contributed by atoms with Gasteiger partial charge in [0, 0.05) is 5.57 Å². The molecule has 1 aliphatic carbocycles. The minimum atomic E-state index is -1.16. The normalized spacial score (nSPS) is 19.8. The SMILES string of the molecule is COc1ccc(/C=C2/C(=O)[C@]3(c4ccccc42)[C@@H](c2ccc(OC)cc2)C(c2ccc(C)cc2)=NN3c2ccccc2)cc1. The van der Waals surface area contributed by atoms with Crippen molar-refractivity contribution in [2.24, 2.45) is 5.10 Å². The number of fused-ring (bicyclic) bond motifs is 2. The summed E-state index contributed by atoms with van der Waals surface area (Å²) in [5.74, 6) is 1.12. The van der Waals surface area contributed by atoms with Gasteiger partial charge >= 0.3 is 0 Å². The van der Waals surface area contributed by atoms with Gasteiger partial charge in [0.25, 0.3) is 0 Å². The largest absolute Gasteiger partial charge is 0.497 e. The summed E-state index contributed by atoms with van der Waals surface area (Å²) in [6.07, 6.45) is 1.99. The van der Waals surface area contributed by atoms with Crippen LogP contribution >= 0.6 is 0 Å². The van der Waals surface area contributed by atoms with Crippen molar-refractivity contribution >= 4 is 28.8 Å². The number of benzene rings is 5. The molecule has 0 radical (unpaired) electrons. The molecular formula is C39H32N2O3. The Morgan fingerprint density at radius 3 is 2.00 bits per heavy atom. The lowest BCUT2D eigenvalue weighted by molar-refractivity contribution is -0.118. The number of rotatable bonds is 6. The first-order valence-electron chi connectivity index (χ1n) is 14.7. The smallest absolute Gasteiger partial charge is 0.196 e. The number of para-hydroxylation sites is 1. The molecule has 44 heavy (non-hydrogen) atoms. The number of ether oxygens (including phenoxy) is 2. The van der Waals surface area contributed by atoms with E-state index in [9.17, 15) is 0 Å². The van der Waals surface area contributed by atoms with Crippen LogP contribution in [0.25, 0.3) is 11.6 Å². The number of hydrogen-bond acceptors (Lipinski definition) is 5. The van der Waals surface area contributed by atoms with Crippen molar-refractivity contribution in [3.05, 3.63) is 161 Å². The molecule has 0 saturated carbocycles. The molecule has 1 aliphatic heterocycles. The lowest BCUT2D eigenvalue weighted by Gasteiger charge is -2.38. The number of nitrogens with zero attached hydrogens (tertiary/aromatic N) is 2. The number of hydrazone groups is 1. The van der Waals surface area contributed by atoms with Crippen LogP contribution in [-0.4, -0.2) is 25.7 Å². The molecule has 0 bridgehead atoms. The standard InChI is InChI=1S/C39H32N2O3/c1-26-13-17-29(18-14-26)37-36(28-19-23-32(44-3)24-20-28)39(41(40-37)30-9-5-4-6-10-30)35-12-8-7-11-33(35)34(38(39)42)25-27-15-21-31(43-2)22-16-27/h4-25,36H,1-3H3/b34-25+/t36-,39-/m0/s1. The lowest BCUT2D eigenvalue weighted by Crippen LogP contribution is -2.49. The van der Waals surface area contributed by atoms with E-state index < -0.39 is 11.5 Å².